The van der Waals surface area contributed by atoms with E-state index < -0.39 is 28.6 Å². The predicted octanol–water partition coefficient (Wildman–Crippen LogP) is 3.83. The third-order valence-corrected chi connectivity index (χ3v) is 4.85. The first-order chi connectivity index (χ1) is 11.4. The van der Waals surface area contributed by atoms with Crippen LogP contribution in [0.5, 0.6) is 0 Å². The first-order valence-electron chi connectivity index (χ1n) is 8.04. The molecule has 2 unspecified atom stereocenters. The van der Waals surface area contributed by atoms with Crippen LogP contribution in [-0.4, -0.2) is 23.1 Å². The maximum absolute atomic E-state index is 14.1. The predicted molar refractivity (Wildman–Crippen MR) is 85.7 cm³/mol. The van der Waals surface area contributed by atoms with Crippen molar-refractivity contribution < 1.29 is 18.3 Å². The molecule has 0 aliphatic carbocycles. The zero-order valence-electron chi connectivity index (χ0n) is 13.5. The van der Waals surface area contributed by atoms with Crippen molar-refractivity contribution in [2.75, 3.05) is 13.1 Å². The summed E-state index contributed by atoms with van der Waals surface area (Å²) in [4.78, 5) is 2.15. The zero-order chi connectivity index (χ0) is 17.3. The topological polar surface area (TPSA) is 23.5 Å². The Balaban J connectivity index is 1.80. The lowest BCUT2D eigenvalue weighted by molar-refractivity contribution is -0.0774. The van der Waals surface area contributed by atoms with Gasteiger partial charge in [0.25, 0.3) is 0 Å². The van der Waals surface area contributed by atoms with Crippen LogP contribution in [0.25, 0.3) is 0 Å². The Labute approximate surface area is 139 Å². The molecule has 0 amide bonds. The van der Waals surface area contributed by atoms with E-state index in [0.717, 1.165) is 12.1 Å². The van der Waals surface area contributed by atoms with E-state index in [-0.39, 0.29) is 12.3 Å². The van der Waals surface area contributed by atoms with E-state index in [0.29, 0.717) is 25.2 Å². The quantitative estimate of drug-likeness (QED) is 0.921. The van der Waals surface area contributed by atoms with Crippen LogP contribution >= 0.6 is 0 Å². The standard InChI is InChI=1S/C19H20F3NO/c1-13-11-23(12-14-5-3-2-4-6-14)8-7-19(13,24)18-16(21)9-15(20)10-17(18)22/h2-6,9-10,13,24H,7-8,11-12H2,1H3. The summed E-state index contributed by atoms with van der Waals surface area (Å²) >= 11 is 0. The first kappa shape index (κ1) is 17.0. The van der Waals surface area contributed by atoms with Gasteiger partial charge in [-0.05, 0) is 12.0 Å². The minimum absolute atomic E-state index is 0.195. The molecule has 0 saturated carbocycles. The lowest BCUT2D eigenvalue weighted by atomic mass is 9.76. The summed E-state index contributed by atoms with van der Waals surface area (Å²) < 4.78 is 41.3. The highest BCUT2D eigenvalue weighted by Crippen LogP contribution is 2.40. The van der Waals surface area contributed by atoms with Gasteiger partial charge in [0, 0.05) is 37.7 Å². The number of piperidine rings is 1. The van der Waals surface area contributed by atoms with Crippen LogP contribution in [0.2, 0.25) is 0 Å². The Hall–Kier alpha value is -1.85. The monoisotopic (exact) mass is 335 g/mol. The summed E-state index contributed by atoms with van der Waals surface area (Å²) in [5, 5.41) is 10.9. The van der Waals surface area contributed by atoms with E-state index in [9.17, 15) is 18.3 Å². The summed E-state index contributed by atoms with van der Waals surface area (Å²) in [7, 11) is 0. The van der Waals surface area contributed by atoms with Gasteiger partial charge in [0.1, 0.15) is 23.1 Å². The van der Waals surface area contributed by atoms with Gasteiger partial charge in [-0.25, -0.2) is 13.2 Å². The van der Waals surface area contributed by atoms with Gasteiger partial charge < -0.3 is 5.11 Å². The molecule has 0 bridgehead atoms. The molecular formula is C19H20F3NO. The minimum atomic E-state index is -1.63. The number of aliphatic hydroxyl groups is 1. The summed E-state index contributed by atoms with van der Waals surface area (Å²) in [5.74, 6) is -3.42. The average Bonchev–Trinajstić information content (AvgIpc) is 2.51. The van der Waals surface area contributed by atoms with Gasteiger partial charge in [-0.15, -0.1) is 0 Å². The van der Waals surface area contributed by atoms with E-state index in [1.54, 1.807) is 6.92 Å². The Morgan fingerprint density at radius 3 is 2.33 bits per heavy atom. The Morgan fingerprint density at radius 1 is 1.12 bits per heavy atom. The van der Waals surface area contributed by atoms with Gasteiger partial charge in [0.05, 0.1) is 5.56 Å². The van der Waals surface area contributed by atoms with Crippen molar-refractivity contribution in [3.05, 3.63) is 71.0 Å². The van der Waals surface area contributed by atoms with Crippen molar-refractivity contribution >= 4 is 0 Å². The van der Waals surface area contributed by atoms with Crippen LogP contribution < -0.4 is 0 Å². The third-order valence-electron chi connectivity index (χ3n) is 4.85. The van der Waals surface area contributed by atoms with Gasteiger partial charge in [0.2, 0.25) is 0 Å². The van der Waals surface area contributed by atoms with Gasteiger partial charge >= 0.3 is 0 Å². The number of halogens is 3. The Morgan fingerprint density at radius 2 is 1.75 bits per heavy atom. The molecule has 2 aromatic rings. The molecule has 0 aromatic heterocycles. The molecule has 2 atom stereocenters. The molecule has 1 saturated heterocycles. The largest absolute Gasteiger partial charge is 0.385 e. The highest BCUT2D eigenvalue weighted by Gasteiger charge is 2.44. The lowest BCUT2D eigenvalue weighted by Gasteiger charge is -2.43. The second-order valence-electron chi connectivity index (χ2n) is 6.54. The van der Waals surface area contributed by atoms with Crippen molar-refractivity contribution in [1.29, 1.82) is 0 Å². The molecule has 0 spiro atoms. The molecule has 1 N–H and O–H groups in total. The highest BCUT2D eigenvalue weighted by atomic mass is 19.1. The van der Waals surface area contributed by atoms with Crippen LogP contribution in [0.1, 0.15) is 24.5 Å². The highest BCUT2D eigenvalue weighted by molar-refractivity contribution is 5.29. The minimum Gasteiger partial charge on any atom is -0.385 e. The fourth-order valence-corrected chi connectivity index (χ4v) is 3.52. The van der Waals surface area contributed by atoms with E-state index >= 15 is 0 Å². The molecule has 24 heavy (non-hydrogen) atoms. The molecule has 5 heteroatoms. The Bertz CT molecular complexity index is 699. The second-order valence-corrected chi connectivity index (χ2v) is 6.54. The maximum Gasteiger partial charge on any atom is 0.135 e. The maximum atomic E-state index is 14.1. The first-order valence-corrected chi connectivity index (χ1v) is 8.04. The van der Waals surface area contributed by atoms with Crippen molar-refractivity contribution in [2.45, 2.75) is 25.5 Å². The van der Waals surface area contributed by atoms with Gasteiger partial charge in [-0.1, -0.05) is 37.3 Å². The summed E-state index contributed by atoms with van der Waals surface area (Å²) in [6.45, 7) is 3.49. The second kappa shape index (κ2) is 6.57. The lowest BCUT2D eigenvalue weighted by Crippen LogP contribution is -2.49. The van der Waals surface area contributed by atoms with E-state index in [2.05, 4.69) is 4.90 Å². The van der Waals surface area contributed by atoms with Crippen molar-refractivity contribution in [3.8, 4) is 0 Å². The number of hydrogen-bond acceptors (Lipinski definition) is 2. The molecule has 1 aliphatic heterocycles. The molecule has 128 valence electrons. The van der Waals surface area contributed by atoms with Crippen LogP contribution in [-0.2, 0) is 12.1 Å². The van der Waals surface area contributed by atoms with Crippen LogP contribution in [0, 0.1) is 23.4 Å². The van der Waals surface area contributed by atoms with Crippen molar-refractivity contribution in [1.82, 2.24) is 4.90 Å². The number of benzene rings is 2. The molecule has 1 heterocycles. The summed E-state index contributed by atoms with van der Waals surface area (Å²) in [6.07, 6.45) is 0.195. The molecule has 0 radical (unpaired) electrons. The Kier molecular flexibility index (Phi) is 4.65. The van der Waals surface area contributed by atoms with E-state index in [1.807, 2.05) is 30.3 Å². The molecular weight excluding hydrogens is 315 g/mol. The molecule has 2 aromatic carbocycles. The van der Waals surface area contributed by atoms with Gasteiger partial charge in [-0.2, -0.15) is 0 Å². The van der Waals surface area contributed by atoms with E-state index in [1.165, 1.54) is 0 Å². The number of likely N-dealkylation sites (tertiary alicyclic amines) is 1. The van der Waals surface area contributed by atoms with Crippen molar-refractivity contribution in [3.63, 3.8) is 0 Å². The van der Waals surface area contributed by atoms with Crippen LogP contribution in [0.15, 0.2) is 42.5 Å². The van der Waals surface area contributed by atoms with Gasteiger partial charge in [0.15, 0.2) is 0 Å². The van der Waals surface area contributed by atoms with Crippen LogP contribution in [0.3, 0.4) is 0 Å². The SMILES string of the molecule is CC1CN(Cc2ccccc2)CCC1(O)c1c(F)cc(F)cc1F. The van der Waals surface area contributed by atoms with Gasteiger partial charge in [-0.3, -0.25) is 4.90 Å². The average molecular weight is 335 g/mol. The smallest absolute Gasteiger partial charge is 0.135 e. The third kappa shape index (κ3) is 3.19. The molecule has 2 nitrogen and oxygen atoms in total. The van der Waals surface area contributed by atoms with Crippen molar-refractivity contribution in [2.24, 2.45) is 5.92 Å². The zero-order valence-corrected chi connectivity index (χ0v) is 13.5. The fraction of sp³-hybridized carbons (Fsp3) is 0.368. The molecule has 1 fully saturated rings. The van der Waals surface area contributed by atoms with E-state index in [4.69, 9.17) is 0 Å². The summed E-state index contributed by atoms with van der Waals surface area (Å²) in [6, 6.07) is 11.2. The molecule has 1 aliphatic rings. The fourth-order valence-electron chi connectivity index (χ4n) is 3.52. The number of rotatable bonds is 3. The number of hydrogen-bond donors (Lipinski definition) is 1. The number of nitrogens with zero attached hydrogens (tertiary/aromatic N) is 1. The normalized spacial score (nSPS) is 25.0. The van der Waals surface area contributed by atoms with Crippen LogP contribution in [0.4, 0.5) is 13.2 Å². The molecule has 3 rings (SSSR count). The summed E-state index contributed by atoms with van der Waals surface area (Å²) in [5.41, 5.74) is -0.903.